The van der Waals surface area contributed by atoms with E-state index in [1.807, 2.05) is 30.3 Å². The Morgan fingerprint density at radius 3 is 2.66 bits per heavy atom. The van der Waals surface area contributed by atoms with Gasteiger partial charge in [-0.3, -0.25) is 9.69 Å². The molecule has 0 bridgehead atoms. The smallest absolute Gasteiger partial charge is 0.258 e. The van der Waals surface area contributed by atoms with Crippen LogP contribution in [0.15, 0.2) is 36.4 Å². The summed E-state index contributed by atoms with van der Waals surface area (Å²) in [5.74, 6) is 2.12. The lowest BCUT2D eigenvalue weighted by atomic mass is 9.99. The van der Waals surface area contributed by atoms with Crippen LogP contribution >= 0.6 is 11.6 Å². The third-order valence-electron chi connectivity index (χ3n) is 5.88. The minimum atomic E-state index is -0.0407. The van der Waals surface area contributed by atoms with Crippen molar-refractivity contribution in [3.63, 3.8) is 0 Å². The van der Waals surface area contributed by atoms with Gasteiger partial charge in [0.15, 0.2) is 11.5 Å². The highest BCUT2D eigenvalue weighted by molar-refractivity contribution is 6.31. The van der Waals surface area contributed by atoms with Gasteiger partial charge in [0.1, 0.15) is 6.61 Å². The fourth-order valence-corrected chi connectivity index (χ4v) is 4.17. The zero-order chi connectivity index (χ0) is 20.4. The number of carbonyl (C=O) groups excluding carboxylic acids is 1. The molecular formula is C23H27ClN2O3. The number of nitrogens with zero attached hydrogens (tertiary/aromatic N) is 2. The number of ether oxygens (including phenoxy) is 2. The van der Waals surface area contributed by atoms with E-state index >= 15 is 0 Å². The van der Waals surface area contributed by atoms with Crippen LogP contribution in [0.2, 0.25) is 5.02 Å². The van der Waals surface area contributed by atoms with Crippen molar-refractivity contribution >= 4 is 23.2 Å². The topological polar surface area (TPSA) is 42.0 Å². The number of carbonyl (C=O) groups is 1. The number of likely N-dealkylation sites (tertiary alicyclic amines) is 1. The first-order chi connectivity index (χ1) is 14.0. The summed E-state index contributed by atoms with van der Waals surface area (Å²) in [6, 6.07) is 11.1. The molecule has 2 heterocycles. The highest BCUT2D eigenvalue weighted by Gasteiger charge is 2.29. The lowest BCUT2D eigenvalue weighted by Crippen LogP contribution is -2.35. The van der Waals surface area contributed by atoms with Crippen molar-refractivity contribution in [1.82, 2.24) is 4.90 Å². The molecule has 1 fully saturated rings. The molecule has 0 spiro atoms. The van der Waals surface area contributed by atoms with Gasteiger partial charge in [0.25, 0.3) is 5.91 Å². The molecule has 154 valence electrons. The summed E-state index contributed by atoms with van der Waals surface area (Å²) in [4.78, 5) is 17.0. The van der Waals surface area contributed by atoms with Crippen LogP contribution in [0.1, 0.15) is 35.7 Å². The second-order valence-electron chi connectivity index (χ2n) is 7.90. The molecule has 1 saturated heterocycles. The van der Waals surface area contributed by atoms with Gasteiger partial charge in [0, 0.05) is 28.9 Å². The van der Waals surface area contributed by atoms with Crippen LogP contribution < -0.4 is 14.4 Å². The fraction of sp³-hybridized carbons (Fsp3) is 0.435. The maximum absolute atomic E-state index is 12.9. The van der Waals surface area contributed by atoms with Crippen molar-refractivity contribution < 1.29 is 14.3 Å². The molecule has 2 aliphatic heterocycles. The van der Waals surface area contributed by atoms with Crippen molar-refractivity contribution in [3.05, 3.63) is 52.5 Å². The molecule has 0 aromatic heterocycles. The Labute approximate surface area is 177 Å². The number of halogens is 1. The van der Waals surface area contributed by atoms with Crippen LogP contribution in [-0.4, -0.2) is 44.2 Å². The zero-order valence-corrected chi connectivity index (χ0v) is 17.7. The molecule has 5 nitrogen and oxygen atoms in total. The van der Waals surface area contributed by atoms with E-state index in [0.717, 1.165) is 36.8 Å². The van der Waals surface area contributed by atoms with Crippen LogP contribution in [0.25, 0.3) is 0 Å². The fourth-order valence-electron chi connectivity index (χ4n) is 4.00. The molecule has 0 radical (unpaired) electrons. The van der Waals surface area contributed by atoms with Crippen LogP contribution in [0.3, 0.4) is 0 Å². The van der Waals surface area contributed by atoms with E-state index in [1.54, 1.807) is 18.1 Å². The van der Waals surface area contributed by atoms with E-state index < -0.39 is 0 Å². The average Bonchev–Trinajstić information content (AvgIpc) is 3.05. The van der Waals surface area contributed by atoms with Crippen molar-refractivity contribution in [2.75, 3.05) is 38.3 Å². The van der Waals surface area contributed by atoms with E-state index in [1.165, 1.54) is 12.8 Å². The van der Waals surface area contributed by atoms with Crippen molar-refractivity contribution in [1.29, 1.82) is 0 Å². The van der Waals surface area contributed by atoms with Crippen molar-refractivity contribution in [2.24, 2.45) is 5.92 Å². The Hall–Kier alpha value is -2.24. The summed E-state index contributed by atoms with van der Waals surface area (Å²) < 4.78 is 11.5. The Morgan fingerprint density at radius 1 is 1.10 bits per heavy atom. The van der Waals surface area contributed by atoms with Gasteiger partial charge in [-0.25, -0.2) is 0 Å². The molecule has 0 unspecified atom stereocenters. The summed E-state index contributed by atoms with van der Waals surface area (Å²) in [5.41, 5.74) is 2.44. The number of fused-ring (bicyclic) bond motifs is 1. The number of hydrogen-bond acceptors (Lipinski definition) is 4. The molecule has 0 N–H and O–H groups in total. The SMILES string of the molecule is COc1ccc(N2Cc3ccc(Cl)cc3C2=O)cc1OCCN1CCC(C)CC1. The average molecular weight is 415 g/mol. The molecule has 0 aliphatic carbocycles. The number of rotatable bonds is 6. The first-order valence-corrected chi connectivity index (χ1v) is 10.6. The molecular weight excluding hydrogens is 388 g/mol. The van der Waals surface area contributed by atoms with Crippen LogP contribution in [0.5, 0.6) is 11.5 Å². The van der Waals surface area contributed by atoms with E-state index in [-0.39, 0.29) is 5.91 Å². The molecule has 2 aliphatic rings. The number of piperidine rings is 1. The second-order valence-corrected chi connectivity index (χ2v) is 8.34. The third kappa shape index (κ3) is 4.36. The Balaban J connectivity index is 1.45. The Morgan fingerprint density at radius 2 is 1.90 bits per heavy atom. The summed E-state index contributed by atoms with van der Waals surface area (Å²) in [7, 11) is 1.63. The standard InChI is InChI=1S/C23H27ClN2O3/c1-16-7-9-25(10-8-16)11-12-29-22-14-19(5-6-21(22)28-2)26-15-17-3-4-18(24)13-20(17)23(26)27/h3-6,13-14,16H,7-12,15H2,1-2H3. The van der Waals surface area contributed by atoms with Crippen LogP contribution in [0.4, 0.5) is 5.69 Å². The normalized spacial score (nSPS) is 17.5. The lowest BCUT2D eigenvalue weighted by Gasteiger charge is -2.30. The summed E-state index contributed by atoms with van der Waals surface area (Å²) in [6.07, 6.45) is 2.50. The van der Waals surface area contributed by atoms with Crippen molar-refractivity contribution in [2.45, 2.75) is 26.3 Å². The number of methoxy groups -OCH3 is 1. The largest absolute Gasteiger partial charge is 0.493 e. The van der Waals surface area contributed by atoms with Gasteiger partial charge in [0.2, 0.25) is 0 Å². The molecule has 2 aromatic carbocycles. The summed E-state index contributed by atoms with van der Waals surface area (Å²) in [6.45, 7) is 6.60. The summed E-state index contributed by atoms with van der Waals surface area (Å²) in [5, 5.41) is 0.574. The maximum atomic E-state index is 12.9. The van der Waals surface area contributed by atoms with E-state index in [2.05, 4.69) is 11.8 Å². The second kappa shape index (κ2) is 8.64. The van der Waals surface area contributed by atoms with Crippen LogP contribution in [0, 0.1) is 5.92 Å². The van der Waals surface area contributed by atoms with Gasteiger partial charge in [-0.1, -0.05) is 24.6 Å². The third-order valence-corrected chi connectivity index (χ3v) is 6.11. The minimum Gasteiger partial charge on any atom is -0.493 e. The van der Waals surface area contributed by atoms with Gasteiger partial charge in [-0.05, 0) is 61.7 Å². The lowest BCUT2D eigenvalue weighted by molar-refractivity contribution is 0.0996. The first-order valence-electron chi connectivity index (χ1n) is 10.2. The predicted molar refractivity (Wildman–Crippen MR) is 115 cm³/mol. The Bertz CT molecular complexity index is 894. The van der Waals surface area contributed by atoms with E-state index in [0.29, 0.717) is 35.2 Å². The predicted octanol–water partition coefficient (Wildman–Crippen LogP) is 4.62. The molecule has 29 heavy (non-hydrogen) atoms. The maximum Gasteiger partial charge on any atom is 0.258 e. The van der Waals surface area contributed by atoms with E-state index in [9.17, 15) is 4.79 Å². The van der Waals surface area contributed by atoms with Crippen molar-refractivity contribution in [3.8, 4) is 11.5 Å². The van der Waals surface area contributed by atoms with Crippen LogP contribution in [-0.2, 0) is 6.54 Å². The molecule has 4 rings (SSSR count). The minimum absolute atomic E-state index is 0.0407. The molecule has 2 aromatic rings. The summed E-state index contributed by atoms with van der Waals surface area (Å²) >= 11 is 6.07. The van der Waals surface area contributed by atoms with Gasteiger partial charge in [-0.15, -0.1) is 0 Å². The molecule has 6 heteroatoms. The number of hydrogen-bond donors (Lipinski definition) is 0. The molecule has 0 atom stereocenters. The number of amides is 1. The highest BCUT2D eigenvalue weighted by Crippen LogP contribution is 2.36. The van der Waals surface area contributed by atoms with Gasteiger partial charge < -0.3 is 14.4 Å². The van der Waals surface area contributed by atoms with Gasteiger partial charge in [-0.2, -0.15) is 0 Å². The molecule has 0 saturated carbocycles. The zero-order valence-electron chi connectivity index (χ0n) is 17.0. The van der Waals surface area contributed by atoms with Gasteiger partial charge in [0.05, 0.1) is 13.7 Å². The van der Waals surface area contributed by atoms with E-state index in [4.69, 9.17) is 21.1 Å². The molecule has 1 amide bonds. The van der Waals surface area contributed by atoms with Gasteiger partial charge >= 0.3 is 0 Å². The quantitative estimate of drug-likeness (QED) is 0.691. The Kier molecular flexibility index (Phi) is 5.97. The first kappa shape index (κ1) is 20.0. The number of anilines is 1. The number of benzene rings is 2. The monoisotopic (exact) mass is 414 g/mol. The highest BCUT2D eigenvalue weighted by atomic mass is 35.5.